The molecule has 0 spiro atoms. The van der Waals surface area contributed by atoms with E-state index >= 15 is 0 Å². The molecule has 1 saturated carbocycles. The van der Waals surface area contributed by atoms with Crippen LogP contribution < -0.4 is 10.1 Å². The Morgan fingerprint density at radius 3 is 2.53 bits per heavy atom. The first-order chi connectivity index (χ1) is 15.5. The molecule has 32 heavy (non-hydrogen) atoms. The van der Waals surface area contributed by atoms with Crippen molar-refractivity contribution in [1.29, 1.82) is 0 Å². The smallest absolute Gasteiger partial charge is 0.255 e. The van der Waals surface area contributed by atoms with Gasteiger partial charge >= 0.3 is 0 Å². The van der Waals surface area contributed by atoms with Gasteiger partial charge in [0, 0.05) is 24.6 Å². The molecule has 174 valence electrons. The molecular formula is C25H35N3O4. The third-order valence-corrected chi connectivity index (χ3v) is 6.94. The number of rotatable bonds is 8. The van der Waals surface area contributed by atoms with Gasteiger partial charge in [-0.3, -0.25) is 24.6 Å². The number of hydrogen-bond acceptors (Lipinski definition) is 5. The second-order valence-electron chi connectivity index (χ2n) is 9.26. The van der Waals surface area contributed by atoms with Crippen molar-refractivity contribution in [3.63, 3.8) is 0 Å². The zero-order valence-corrected chi connectivity index (χ0v) is 19.3. The molecule has 3 amide bonds. The lowest BCUT2D eigenvalue weighted by Gasteiger charge is -2.39. The molecule has 7 nitrogen and oxygen atoms in total. The maximum atomic E-state index is 12.9. The molecule has 1 unspecified atom stereocenters. The summed E-state index contributed by atoms with van der Waals surface area (Å²) in [6.45, 7) is 7.03. The van der Waals surface area contributed by atoms with Crippen molar-refractivity contribution < 1.29 is 19.1 Å². The third kappa shape index (κ3) is 4.68. The number of fused-ring (bicyclic) bond motifs is 1. The Bertz CT molecular complexity index is 865. The molecule has 7 heteroatoms. The third-order valence-electron chi connectivity index (χ3n) is 6.94. The average molecular weight is 442 g/mol. The molecule has 1 saturated heterocycles. The maximum absolute atomic E-state index is 12.9. The second kappa shape index (κ2) is 10.0. The van der Waals surface area contributed by atoms with Gasteiger partial charge in [0.2, 0.25) is 11.8 Å². The number of nitrogens with zero attached hydrogens (tertiary/aromatic N) is 2. The Morgan fingerprint density at radius 2 is 1.81 bits per heavy atom. The van der Waals surface area contributed by atoms with Gasteiger partial charge in [0.1, 0.15) is 17.9 Å². The van der Waals surface area contributed by atoms with Crippen LogP contribution in [0.1, 0.15) is 81.1 Å². The van der Waals surface area contributed by atoms with Crippen LogP contribution in [0.3, 0.4) is 0 Å². The number of hydrogen-bond donors (Lipinski definition) is 1. The number of ether oxygens (including phenoxy) is 1. The second-order valence-corrected chi connectivity index (χ2v) is 9.26. The van der Waals surface area contributed by atoms with Crippen molar-refractivity contribution in [3.05, 3.63) is 29.3 Å². The fourth-order valence-electron chi connectivity index (χ4n) is 5.45. The van der Waals surface area contributed by atoms with Crippen molar-refractivity contribution >= 4 is 17.7 Å². The largest absolute Gasteiger partial charge is 0.489 e. The molecule has 2 fully saturated rings. The van der Waals surface area contributed by atoms with Crippen LogP contribution in [0, 0.1) is 0 Å². The average Bonchev–Trinajstić information content (AvgIpc) is 3.09. The highest BCUT2D eigenvalue weighted by Crippen LogP contribution is 2.33. The summed E-state index contributed by atoms with van der Waals surface area (Å²) in [6, 6.07) is 5.52. The van der Waals surface area contributed by atoms with E-state index in [0.29, 0.717) is 24.6 Å². The first-order valence-corrected chi connectivity index (χ1v) is 12.2. The highest BCUT2D eigenvalue weighted by atomic mass is 16.5. The van der Waals surface area contributed by atoms with Crippen molar-refractivity contribution in [2.24, 2.45) is 0 Å². The predicted molar refractivity (Wildman–Crippen MR) is 121 cm³/mol. The summed E-state index contributed by atoms with van der Waals surface area (Å²) in [4.78, 5) is 40.8. The van der Waals surface area contributed by atoms with Crippen molar-refractivity contribution in [2.45, 2.75) is 89.9 Å². The van der Waals surface area contributed by atoms with Crippen LogP contribution in [-0.2, 0) is 16.1 Å². The van der Waals surface area contributed by atoms with Gasteiger partial charge in [-0.1, -0.05) is 20.3 Å². The summed E-state index contributed by atoms with van der Waals surface area (Å²) in [7, 11) is 0. The van der Waals surface area contributed by atoms with Crippen LogP contribution in [0.2, 0.25) is 0 Å². The minimum absolute atomic E-state index is 0.145. The van der Waals surface area contributed by atoms with Gasteiger partial charge < -0.3 is 9.64 Å². The van der Waals surface area contributed by atoms with Gasteiger partial charge in [-0.15, -0.1) is 0 Å². The molecule has 2 aliphatic heterocycles. The van der Waals surface area contributed by atoms with Gasteiger partial charge in [-0.05, 0) is 75.4 Å². The van der Waals surface area contributed by atoms with Crippen molar-refractivity contribution in [2.75, 3.05) is 13.1 Å². The molecule has 1 aromatic carbocycles. The number of piperidine rings is 1. The Kier molecular flexibility index (Phi) is 7.13. The highest BCUT2D eigenvalue weighted by molar-refractivity contribution is 6.05. The standard InChI is InChI=1S/C25H35N3O4/c1-3-13-27(14-4-2)20-7-5-6-8-22(20)32-18-9-10-19-17(15-18)16-28(25(19)31)21-11-12-23(29)26-24(21)30/h9-10,15,20-22H,3-8,11-14,16H2,1-2H3,(H,26,29,30)/t20-,21?,22-/m1/s1. The lowest BCUT2D eigenvalue weighted by atomic mass is 9.90. The van der Waals surface area contributed by atoms with Gasteiger partial charge in [-0.25, -0.2) is 0 Å². The number of imide groups is 1. The van der Waals surface area contributed by atoms with Gasteiger partial charge in [0.15, 0.2) is 0 Å². The Morgan fingerprint density at radius 1 is 1.06 bits per heavy atom. The van der Waals surface area contributed by atoms with Gasteiger partial charge in [-0.2, -0.15) is 0 Å². The summed E-state index contributed by atoms with van der Waals surface area (Å²) in [5.41, 5.74) is 1.52. The van der Waals surface area contributed by atoms with E-state index in [0.717, 1.165) is 50.1 Å². The number of benzene rings is 1. The first kappa shape index (κ1) is 22.8. The topological polar surface area (TPSA) is 79.0 Å². The molecule has 3 aliphatic rings. The molecule has 0 aromatic heterocycles. The van der Waals surface area contributed by atoms with E-state index in [1.54, 1.807) is 4.90 Å². The zero-order valence-electron chi connectivity index (χ0n) is 19.3. The normalized spacial score (nSPS) is 25.8. The molecule has 0 bridgehead atoms. The summed E-state index contributed by atoms with van der Waals surface area (Å²) in [5.74, 6) is 0.00404. The van der Waals surface area contributed by atoms with E-state index in [2.05, 4.69) is 24.1 Å². The molecule has 1 aromatic rings. The molecular weight excluding hydrogens is 406 g/mol. The van der Waals surface area contributed by atoms with Crippen LogP contribution in [0.15, 0.2) is 18.2 Å². The van der Waals surface area contributed by atoms with E-state index in [4.69, 9.17) is 4.74 Å². The lowest BCUT2D eigenvalue weighted by Crippen LogP contribution is -2.52. The van der Waals surface area contributed by atoms with E-state index in [1.807, 2.05) is 18.2 Å². The number of nitrogens with one attached hydrogen (secondary N) is 1. The molecule has 4 rings (SSSR count). The first-order valence-electron chi connectivity index (χ1n) is 12.2. The van der Waals surface area contributed by atoms with Crippen molar-refractivity contribution in [1.82, 2.24) is 15.1 Å². The highest BCUT2D eigenvalue weighted by Gasteiger charge is 2.39. The minimum atomic E-state index is -0.587. The molecule has 3 atom stereocenters. The van der Waals surface area contributed by atoms with Crippen LogP contribution in [0.5, 0.6) is 5.75 Å². The van der Waals surface area contributed by atoms with Crippen LogP contribution in [-0.4, -0.2) is 58.8 Å². The van der Waals surface area contributed by atoms with Crippen LogP contribution >= 0.6 is 0 Å². The molecule has 0 radical (unpaired) electrons. The fourth-order valence-corrected chi connectivity index (χ4v) is 5.45. The lowest BCUT2D eigenvalue weighted by molar-refractivity contribution is -0.136. The molecule has 1 aliphatic carbocycles. The fraction of sp³-hybridized carbons (Fsp3) is 0.640. The monoisotopic (exact) mass is 441 g/mol. The number of carbonyl (C=O) groups excluding carboxylic acids is 3. The summed E-state index contributed by atoms with van der Waals surface area (Å²) in [6.07, 6.45) is 7.71. The van der Waals surface area contributed by atoms with E-state index in [1.165, 1.54) is 12.8 Å². The van der Waals surface area contributed by atoms with Crippen LogP contribution in [0.4, 0.5) is 0 Å². The predicted octanol–water partition coefficient (Wildman–Crippen LogP) is 3.26. The van der Waals surface area contributed by atoms with Gasteiger partial charge in [0.05, 0.1) is 0 Å². The summed E-state index contributed by atoms with van der Waals surface area (Å²) >= 11 is 0. The number of carbonyl (C=O) groups is 3. The summed E-state index contributed by atoms with van der Waals surface area (Å²) in [5, 5.41) is 2.35. The Hall–Kier alpha value is -2.41. The van der Waals surface area contributed by atoms with E-state index in [-0.39, 0.29) is 30.2 Å². The van der Waals surface area contributed by atoms with Crippen molar-refractivity contribution in [3.8, 4) is 5.75 Å². The summed E-state index contributed by atoms with van der Waals surface area (Å²) < 4.78 is 6.52. The van der Waals surface area contributed by atoms with E-state index in [9.17, 15) is 14.4 Å². The minimum Gasteiger partial charge on any atom is -0.489 e. The Labute approximate surface area is 190 Å². The number of amides is 3. The molecule has 2 heterocycles. The quantitative estimate of drug-likeness (QED) is 0.627. The maximum Gasteiger partial charge on any atom is 0.255 e. The van der Waals surface area contributed by atoms with Crippen LogP contribution in [0.25, 0.3) is 0 Å². The SMILES string of the molecule is CCCN(CCC)[C@@H]1CCCC[C@H]1Oc1ccc2c(c1)CN(C1CCC(=O)NC1=O)C2=O. The Balaban J connectivity index is 1.47. The zero-order chi connectivity index (χ0) is 22.7. The molecule has 1 N–H and O–H groups in total. The van der Waals surface area contributed by atoms with Gasteiger partial charge in [0.25, 0.3) is 5.91 Å². The van der Waals surface area contributed by atoms with E-state index < -0.39 is 6.04 Å².